The molecule has 0 bridgehead atoms. The fourth-order valence-electron chi connectivity index (χ4n) is 3.08. The SMILES string of the molecule is Cc1ncccc1C(=O)NC1C(N)C2CCCOC21. The van der Waals surface area contributed by atoms with Gasteiger partial charge in [-0.15, -0.1) is 0 Å². The molecule has 0 radical (unpaired) electrons. The van der Waals surface area contributed by atoms with Crippen molar-refractivity contribution in [2.45, 2.75) is 38.0 Å². The predicted octanol–water partition coefficient (Wildman–Crippen LogP) is 0.625. The maximum absolute atomic E-state index is 12.2. The van der Waals surface area contributed by atoms with E-state index in [0.717, 1.165) is 25.1 Å². The minimum Gasteiger partial charge on any atom is -0.376 e. The van der Waals surface area contributed by atoms with Crippen LogP contribution in [0.4, 0.5) is 0 Å². The Labute approximate surface area is 112 Å². The van der Waals surface area contributed by atoms with Gasteiger partial charge in [0.15, 0.2) is 0 Å². The molecule has 5 nitrogen and oxygen atoms in total. The monoisotopic (exact) mass is 261 g/mol. The van der Waals surface area contributed by atoms with Crippen molar-refractivity contribution in [3.8, 4) is 0 Å². The molecule has 2 aliphatic rings. The Kier molecular flexibility index (Phi) is 3.24. The molecule has 3 N–H and O–H groups in total. The largest absolute Gasteiger partial charge is 0.376 e. The number of hydrogen-bond donors (Lipinski definition) is 2. The van der Waals surface area contributed by atoms with Gasteiger partial charge < -0.3 is 15.8 Å². The fourth-order valence-corrected chi connectivity index (χ4v) is 3.08. The van der Waals surface area contributed by atoms with Crippen molar-refractivity contribution in [2.75, 3.05) is 6.61 Å². The summed E-state index contributed by atoms with van der Waals surface area (Å²) >= 11 is 0. The van der Waals surface area contributed by atoms with E-state index < -0.39 is 0 Å². The quantitative estimate of drug-likeness (QED) is 0.818. The standard InChI is InChI=1S/C14H19N3O2/c1-8-9(4-2-6-16-8)14(18)17-12-11(15)10-5-3-7-19-13(10)12/h2,4,6,10-13H,3,5,7,15H2,1H3,(H,17,18). The van der Waals surface area contributed by atoms with Gasteiger partial charge in [0.2, 0.25) is 0 Å². The van der Waals surface area contributed by atoms with Crippen LogP contribution in [0.1, 0.15) is 28.9 Å². The van der Waals surface area contributed by atoms with E-state index in [1.807, 2.05) is 6.92 Å². The molecule has 19 heavy (non-hydrogen) atoms. The smallest absolute Gasteiger partial charge is 0.253 e. The number of hydrogen-bond acceptors (Lipinski definition) is 4. The van der Waals surface area contributed by atoms with Crippen LogP contribution in [0.5, 0.6) is 0 Å². The van der Waals surface area contributed by atoms with E-state index >= 15 is 0 Å². The van der Waals surface area contributed by atoms with Crippen LogP contribution in [0.15, 0.2) is 18.3 Å². The molecule has 5 heteroatoms. The summed E-state index contributed by atoms with van der Waals surface area (Å²) in [5, 5.41) is 2.99. The number of ether oxygens (including phenoxy) is 1. The highest BCUT2D eigenvalue weighted by molar-refractivity contribution is 5.95. The number of fused-ring (bicyclic) bond motifs is 1. The number of nitrogens with one attached hydrogen (secondary N) is 1. The van der Waals surface area contributed by atoms with Crippen LogP contribution >= 0.6 is 0 Å². The number of rotatable bonds is 2. The van der Waals surface area contributed by atoms with Crippen LogP contribution in [0.25, 0.3) is 0 Å². The van der Waals surface area contributed by atoms with Crippen molar-refractivity contribution in [3.63, 3.8) is 0 Å². The Bertz CT molecular complexity index is 491. The van der Waals surface area contributed by atoms with Gasteiger partial charge in [-0.3, -0.25) is 9.78 Å². The Morgan fingerprint density at radius 3 is 3.21 bits per heavy atom. The molecule has 2 heterocycles. The molecule has 1 saturated carbocycles. The van der Waals surface area contributed by atoms with E-state index in [4.69, 9.17) is 10.5 Å². The second-order valence-corrected chi connectivity index (χ2v) is 5.35. The second kappa shape index (κ2) is 4.90. The summed E-state index contributed by atoms with van der Waals surface area (Å²) in [5.41, 5.74) is 7.47. The molecule has 4 atom stereocenters. The molecule has 0 spiro atoms. The third-order valence-corrected chi connectivity index (χ3v) is 4.23. The first-order valence-electron chi connectivity index (χ1n) is 6.78. The number of carbonyl (C=O) groups excluding carboxylic acids is 1. The average Bonchev–Trinajstić information content (AvgIpc) is 2.44. The Balaban J connectivity index is 1.69. The summed E-state index contributed by atoms with van der Waals surface area (Å²) in [7, 11) is 0. The van der Waals surface area contributed by atoms with Gasteiger partial charge in [-0.25, -0.2) is 0 Å². The van der Waals surface area contributed by atoms with Crippen LogP contribution < -0.4 is 11.1 Å². The number of aryl methyl sites for hydroxylation is 1. The fraction of sp³-hybridized carbons (Fsp3) is 0.571. The summed E-state index contributed by atoms with van der Waals surface area (Å²) in [6.45, 7) is 2.60. The Morgan fingerprint density at radius 2 is 2.42 bits per heavy atom. The summed E-state index contributed by atoms with van der Waals surface area (Å²) in [5.74, 6) is 0.285. The third-order valence-electron chi connectivity index (χ3n) is 4.23. The van der Waals surface area contributed by atoms with Gasteiger partial charge in [-0.2, -0.15) is 0 Å². The van der Waals surface area contributed by atoms with Crippen molar-refractivity contribution in [1.29, 1.82) is 0 Å². The molecular formula is C14H19N3O2. The lowest BCUT2D eigenvalue weighted by Gasteiger charge is -2.52. The van der Waals surface area contributed by atoms with Gasteiger partial charge in [0, 0.05) is 30.5 Å². The lowest BCUT2D eigenvalue weighted by molar-refractivity contribution is -0.117. The highest BCUT2D eigenvalue weighted by Crippen LogP contribution is 2.37. The minimum atomic E-state index is -0.112. The number of amides is 1. The minimum absolute atomic E-state index is 0.00577. The number of carbonyl (C=O) groups is 1. The second-order valence-electron chi connectivity index (χ2n) is 5.35. The maximum atomic E-state index is 12.2. The lowest BCUT2D eigenvalue weighted by Crippen LogP contribution is -2.72. The first-order valence-corrected chi connectivity index (χ1v) is 6.78. The van der Waals surface area contributed by atoms with E-state index in [1.54, 1.807) is 18.3 Å². The molecule has 1 aromatic heterocycles. The highest BCUT2D eigenvalue weighted by Gasteiger charge is 2.51. The Morgan fingerprint density at radius 1 is 1.58 bits per heavy atom. The maximum Gasteiger partial charge on any atom is 0.253 e. The van der Waals surface area contributed by atoms with Crippen molar-refractivity contribution in [1.82, 2.24) is 10.3 Å². The van der Waals surface area contributed by atoms with E-state index in [9.17, 15) is 4.79 Å². The highest BCUT2D eigenvalue weighted by atomic mass is 16.5. The van der Waals surface area contributed by atoms with Crippen molar-refractivity contribution in [2.24, 2.45) is 11.7 Å². The van der Waals surface area contributed by atoms with Crippen LogP contribution in [0.2, 0.25) is 0 Å². The van der Waals surface area contributed by atoms with Gasteiger partial charge in [-0.1, -0.05) is 0 Å². The van der Waals surface area contributed by atoms with Gasteiger partial charge in [-0.05, 0) is 31.9 Å². The zero-order chi connectivity index (χ0) is 13.4. The van der Waals surface area contributed by atoms with Gasteiger partial charge in [0.05, 0.1) is 17.7 Å². The zero-order valence-corrected chi connectivity index (χ0v) is 11.0. The van der Waals surface area contributed by atoms with Crippen LogP contribution in [0, 0.1) is 12.8 Å². The van der Waals surface area contributed by atoms with Crippen LogP contribution in [-0.4, -0.2) is 35.7 Å². The van der Waals surface area contributed by atoms with Gasteiger partial charge >= 0.3 is 0 Å². The first kappa shape index (κ1) is 12.6. The summed E-state index contributed by atoms with van der Waals surface area (Å²) < 4.78 is 5.72. The van der Waals surface area contributed by atoms with Crippen LogP contribution in [-0.2, 0) is 4.74 Å². The molecule has 1 aromatic rings. The lowest BCUT2D eigenvalue weighted by atomic mass is 9.68. The predicted molar refractivity (Wildman–Crippen MR) is 70.7 cm³/mol. The summed E-state index contributed by atoms with van der Waals surface area (Å²) in [4.78, 5) is 16.4. The number of pyridine rings is 1. The molecule has 1 saturated heterocycles. The number of aromatic nitrogens is 1. The first-order chi connectivity index (χ1) is 9.18. The molecule has 2 fully saturated rings. The summed E-state index contributed by atoms with van der Waals surface area (Å²) in [6.07, 6.45) is 3.94. The van der Waals surface area contributed by atoms with Crippen molar-refractivity contribution in [3.05, 3.63) is 29.6 Å². The molecule has 4 unspecified atom stereocenters. The van der Waals surface area contributed by atoms with Gasteiger partial charge in [0.25, 0.3) is 5.91 Å². The normalized spacial score (nSPS) is 33.2. The molecule has 0 aromatic carbocycles. The van der Waals surface area contributed by atoms with E-state index in [-0.39, 0.29) is 24.1 Å². The number of nitrogens with two attached hydrogens (primary N) is 1. The topological polar surface area (TPSA) is 77.2 Å². The van der Waals surface area contributed by atoms with E-state index in [1.165, 1.54) is 0 Å². The van der Waals surface area contributed by atoms with E-state index in [2.05, 4.69) is 10.3 Å². The molecular weight excluding hydrogens is 242 g/mol. The molecule has 3 rings (SSSR count). The van der Waals surface area contributed by atoms with Gasteiger partial charge in [0.1, 0.15) is 0 Å². The van der Waals surface area contributed by atoms with E-state index in [0.29, 0.717) is 11.5 Å². The number of nitrogens with zero attached hydrogens (tertiary/aromatic N) is 1. The van der Waals surface area contributed by atoms with Crippen molar-refractivity contribution < 1.29 is 9.53 Å². The molecule has 102 valence electrons. The average molecular weight is 261 g/mol. The molecule has 1 amide bonds. The Hall–Kier alpha value is -1.46. The third kappa shape index (κ3) is 2.13. The van der Waals surface area contributed by atoms with Crippen LogP contribution in [0.3, 0.4) is 0 Å². The van der Waals surface area contributed by atoms with Crippen molar-refractivity contribution >= 4 is 5.91 Å². The summed E-state index contributed by atoms with van der Waals surface area (Å²) in [6, 6.07) is 3.48. The molecule has 1 aliphatic carbocycles. The zero-order valence-electron chi connectivity index (χ0n) is 11.0. The molecule has 1 aliphatic heterocycles.